The Hall–Kier alpha value is -3.25. The predicted molar refractivity (Wildman–Crippen MR) is 108 cm³/mol. The van der Waals surface area contributed by atoms with E-state index < -0.39 is 0 Å². The van der Waals surface area contributed by atoms with Crippen LogP contribution in [-0.4, -0.2) is 22.5 Å². The number of amides is 1. The zero-order valence-corrected chi connectivity index (χ0v) is 15.7. The first-order chi connectivity index (χ1) is 13.7. The molecule has 0 aliphatic heterocycles. The Balaban J connectivity index is 1.45. The Bertz CT molecular complexity index is 937. The average molecular weight is 374 g/mol. The minimum absolute atomic E-state index is 0.135. The maximum atomic E-state index is 11.8. The van der Waals surface area contributed by atoms with Crippen LogP contribution in [0.1, 0.15) is 35.7 Å². The van der Waals surface area contributed by atoms with Crippen molar-refractivity contribution in [3.63, 3.8) is 0 Å². The fourth-order valence-electron chi connectivity index (χ4n) is 3.14. The maximum Gasteiger partial charge on any atom is 0.277 e. The quantitative estimate of drug-likeness (QED) is 0.613. The van der Waals surface area contributed by atoms with Crippen LogP contribution in [0.2, 0.25) is 0 Å². The average Bonchev–Trinajstić information content (AvgIpc) is 3.54. The van der Waals surface area contributed by atoms with Gasteiger partial charge < -0.3 is 5.32 Å². The number of anilines is 1. The van der Waals surface area contributed by atoms with Crippen LogP contribution < -0.4 is 10.8 Å². The molecule has 3 aromatic rings. The van der Waals surface area contributed by atoms with Crippen LogP contribution in [0.4, 0.5) is 5.95 Å². The third-order valence-corrected chi connectivity index (χ3v) is 4.87. The molecule has 2 aromatic carbocycles. The molecule has 1 fully saturated rings. The van der Waals surface area contributed by atoms with Gasteiger partial charge in [0.05, 0.1) is 17.7 Å². The molecule has 0 spiro atoms. The molecule has 1 heterocycles. The standard InChI is InChI=1S/C22H22N4O2/c1-2-28-26-20(27)18-14-23-21(24-15-18)25-22(12-13-22)19-10-8-17(9-11-19)16-6-4-3-5-7-16/h3-11,14-15H,2,12-13H2,1H3,(H,26,27)(H,23,24,25). The molecular formula is C22H22N4O2. The van der Waals surface area contributed by atoms with E-state index in [-0.39, 0.29) is 11.4 Å². The molecule has 1 amide bonds. The molecule has 1 aliphatic carbocycles. The van der Waals surface area contributed by atoms with E-state index >= 15 is 0 Å². The van der Waals surface area contributed by atoms with E-state index in [9.17, 15) is 4.79 Å². The topological polar surface area (TPSA) is 76.1 Å². The van der Waals surface area contributed by atoms with Crippen LogP contribution >= 0.6 is 0 Å². The minimum atomic E-state index is -0.356. The van der Waals surface area contributed by atoms with Crippen molar-refractivity contribution in [1.82, 2.24) is 15.4 Å². The summed E-state index contributed by atoms with van der Waals surface area (Å²) in [6, 6.07) is 18.9. The molecule has 2 N–H and O–H groups in total. The molecule has 1 saturated carbocycles. The normalized spacial score (nSPS) is 14.3. The first-order valence-electron chi connectivity index (χ1n) is 9.38. The van der Waals surface area contributed by atoms with E-state index in [4.69, 9.17) is 4.84 Å². The summed E-state index contributed by atoms with van der Waals surface area (Å²) in [4.78, 5) is 25.3. The molecule has 28 heavy (non-hydrogen) atoms. The van der Waals surface area contributed by atoms with Gasteiger partial charge in [-0.05, 0) is 36.5 Å². The van der Waals surface area contributed by atoms with Gasteiger partial charge in [-0.2, -0.15) is 0 Å². The van der Waals surface area contributed by atoms with Gasteiger partial charge in [0.15, 0.2) is 0 Å². The van der Waals surface area contributed by atoms with Gasteiger partial charge in [0, 0.05) is 12.4 Å². The zero-order chi connectivity index (χ0) is 19.4. The van der Waals surface area contributed by atoms with Crippen LogP contribution in [0.3, 0.4) is 0 Å². The molecule has 0 radical (unpaired) electrons. The minimum Gasteiger partial charge on any atom is -0.345 e. The molecule has 0 unspecified atom stereocenters. The van der Waals surface area contributed by atoms with Crippen LogP contribution in [-0.2, 0) is 10.4 Å². The van der Waals surface area contributed by atoms with Crippen molar-refractivity contribution in [2.75, 3.05) is 11.9 Å². The highest BCUT2D eigenvalue weighted by Gasteiger charge is 2.45. The number of rotatable bonds is 7. The number of hydroxylamine groups is 1. The van der Waals surface area contributed by atoms with Gasteiger partial charge in [-0.15, -0.1) is 0 Å². The SMILES string of the molecule is CCONC(=O)c1cnc(NC2(c3ccc(-c4ccccc4)cc3)CC2)nc1. The molecule has 1 aliphatic rings. The molecule has 6 heteroatoms. The molecule has 0 saturated heterocycles. The molecule has 4 rings (SSSR count). The highest BCUT2D eigenvalue weighted by Crippen LogP contribution is 2.48. The Labute approximate surface area is 163 Å². The summed E-state index contributed by atoms with van der Waals surface area (Å²) < 4.78 is 0. The summed E-state index contributed by atoms with van der Waals surface area (Å²) in [6.45, 7) is 2.20. The van der Waals surface area contributed by atoms with Crippen molar-refractivity contribution >= 4 is 11.9 Å². The predicted octanol–water partition coefficient (Wildman–Crippen LogP) is 3.93. The number of carbonyl (C=O) groups is 1. The monoisotopic (exact) mass is 374 g/mol. The first-order valence-corrected chi connectivity index (χ1v) is 9.38. The van der Waals surface area contributed by atoms with Gasteiger partial charge >= 0.3 is 0 Å². The smallest absolute Gasteiger partial charge is 0.277 e. The second-order valence-corrected chi connectivity index (χ2v) is 6.81. The number of hydrogen-bond acceptors (Lipinski definition) is 5. The lowest BCUT2D eigenvalue weighted by Gasteiger charge is -2.18. The summed E-state index contributed by atoms with van der Waals surface area (Å²) in [5.74, 6) is 0.156. The number of nitrogens with one attached hydrogen (secondary N) is 2. The Morgan fingerprint density at radius 3 is 2.25 bits per heavy atom. The lowest BCUT2D eigenvalue weighted by atomic mass is 9.99. The van der Waals surface area contributed by atoms with Crippen LogP contribution in [0.15, 0.2) is 67.0 Å². The lowest BCUT2D eigenvalue weighted by molar-refractivity contribution is 0.0364. The summed E-state index contributed by atoms with van der Waals surface area (Å²) in [7, 11) is 0. The number of benzene rings is 2. The fraction of sp³-hybridized carbons (Fsp3) is 0.227. The van der Waals surface area contributed by atoms with Crippen molar-refractivity contribution in [2.24, 2.45) is 0 Å². The summed E-state index contributed by atoms with van der Waals surface area (Å²) in [5.41, 5.74) is 6.17. The summed E-state index contributed by atoms with van der Waals surface area (Å²) >= 11 is 0. The molecule has 6 nitrogen and oxygen atoms in total. The van der Waals surface area contributed by atoms with Crippen LogP contribution in [0.25, 0.3) is 11.1 Å². The zero-order valence-electron chi connectivity index (χ0n) is 15.7. The molecule has 142 valence electrons. The highest BCUT2D eigenvalue weighted by atomic mass is 16.6. The number of nitrogens with zero attached hydrogens (tertiary/aromatic N) is 2. The van der Waals surface area contributed by atoms with Gasteiger partial charge in [-0.25, -0.2) is 15.4 Å². The van der Waals surface area contributed by atoms with Gasteiger partial charge in [0.25, 0.3) is 5.91 Å². The third-order valence-electron chi connectivity index (χ3n) is 4.87. The van der Waals surface area contributed by atoms with Gasteiger partial charge in [0.1, 0.15) is 0 Å². The van der Waals surface area contributed by atoms with E-state index in [0.29, 0.717) is 18.1 Å². The van der Waals surface area contributed by atoms with Crippen molar-refractivity contribution in [3.8, 4) is 11.1 Å². The van der Waals surface area contributed by atoms with E-state index in [1.54, 1.807) is 6.92 Å². The second-order valence-electron chi connectivity index (χ2n) is 6.81. The largest absolute Gasteiger partial charge is 0.345 e. The maximum absolute atomic E-state index is 11.8. The number of aromatic nitrogens is 2. The van der Waals surface area contributed by atoms with Gasteiger partial charge in [-0.1, -0.05) is 54.6 Å². The third kappa shape index (κ3) is 3.87. The van der Waals surface area contributed by atoms with E-state index in [0.717, 1.165) is 12.8 Å². The van der Waals surface area contributed by atoms with E-state index in [2.05, 4.69) is 57.2 Å². The van der Waals surface area contributed by atoms with Crippen molar-refractivity contribution in [2.45, 2.75) is 25.3 Å². The first kappa shape index (κ1) is 18.1. The molecule has 0 bridgehead atoms. The fourth-order valence-corrected chi connectivity index (χ4v) is 3.14. The second kappa shape index (κ2) is 7.78. The lowest BCUT2D eigenvalue weighted by Crippen LogP contribution is -2.24. The Morgan fingerprint density at radius 1 is 1.00 bits per heavy atom. The molecule has 0 atom stereocenters. The van der Waals surface area contributed by atoms with Crippen molar-refractivity contribution in [3.05, 3.63) is 78.1 Å². The molecule has 1 aromatic heterocycles. The highest BCUT2D eigenvalue weighted by molar-refractivity contribution is 5.92. The van der Waals surface area contributed by atoms with Gasteiger partial charge in [0.2, 0.25) is 5.95 Å². The van der Waals surface area contributed by atoms with Crippen molar-refractivity contribution in [1.29, 1.82) is 0 Å². The van der Waals surface area contributed by atoms with Crippen LogP contribution in [0, 0.1) is 0 Å². The van der Waals surface area contributed by atoms with E-state index in [1.807, 2.05) is 18.2 Å². The summed E-state index contributed by atoms with van der Waals surface area (Å²) in [6.07, 6.45) is 5.04. The van der Waals surface area contributed by atoms with E-state index in [1.165, 1.54) is 29.1 Å². The summed E-state index contributed by atoms with van der Waals surface area (Å²) in [5, 5.41) is 3.43. The van der Waals surface area contributed by atoms with Crippen molar-refractivity contribution < 1.29 is 9.63 Å². The number of carbonyl (C=O) groups excluding carboxylic acids is 1. The Kier molecular flexibility index (Phi) is 5.04. The van der Waals surface area contributed by atoms with Crippen LogP contribution in [0.5, 0.6) is 0 Å². The molecular weight excluding hydrogens is 352 g/mol. The van der Waals surface area contributed by atoms with Gasteiger partial charge in [-0.3, -0.25) is 9.63 Å². The number of hydrogen-bond donors (Lipinski definition) is 2. The Morgan fingerprint density at radius 2 is 1.64 bits per heavy atom.